The van der Waals surface area contributed by atoms with E-state index in [1.54, 1.807) is 6.08 Å². The van der Waals surface area contributed by atoms with Gasteiger partial charge in [-0.3, -0.25) is 0 Å². The van der Waals surface area contributed by atoms with E-state index in [4.69, 9.17) is 9.84 Å². The molecular formula is C12H16O3S. The number of hydrogen-bond acceptors (Lipinski definition) is 3. The van der Waals surface area contributed by atoms with Crippen LogP contribution in [0.25, 0.3) is 0 Å². The van der Waals surface area contributed by atoms with E-state index in [-0.39, 0.29) is 0 Å². The van der Waals surface area contributed by atoms with E-state index in [9.17, 15) is 4.79 Å². The highest BCUT2D eigenvalue weighted by Gasteiger charge is 2.16. The lowest BCUT2D eigenvalue weighted by Gasteiger charge is -2.02. The monoisotopic (exact) mass is 240 g/mol. The fourth-order valence-electron chi connectivity index (χ4n) is 1.30. The molecule has 1 heterocycles. The molecule has 0 saturated carbocycles. The van der Waals surface area contributed by atoms with Crippen LogP contribution in [0.15, 0.2) is 18.7 Å². The van der Waals surface area contributed by atoms with Gasteiger partial charge in [-0.2, -0.15) is 0 Å². The first-order valence-corrected chi connectivity index (χ1v) is 6.10. The quantitative estimate of drug-likeness (QED) is 0.587. The van der Waals surface area contributed by atoms with Gasteiger partial charge in [0.1, 0.15) is 5.75 Å². The number of rotatable bonds is 7. The van der Waals surface area contributed by atoms with Crippen LogP contribution in [-0.4, -0.2) is 17.7 Å². The zero-order valence-corrected chi connectivity index (χ0v) is 10.2. The van der Waals surface area contributed by atoms with Crippen molar-refractivity contribution in [2.45, 2.75) is 26.2 Å². The Hall–Kier alpha value is -1.29. The van der Waals surface area contributed by atoms with Crippen LogP contribution in [-0.2, 0) is 6.42 Å². The van der Waals surface area contributed by atoms with E-state index in [1.165, 1.54) is 11.3 Å². The number of hydrogen-bond donors (Lipinski definition) is 1. The molecule has 0 aliphatic heterocycles. The SMILES string of the molecule is C=CCCOc1cc(CCC)sc1C(=O)O. The van der Waals surface area contributed by atoms with Crippen molar-refractivity contribution in [3.8, 4) is 5.75 Å². The molecule has 1 aromatic rings. The summed E-state index contributed by atoms with van der Waals surface area (Å²) in [5.41, 5.74) is 0. The van der Waals surface area contributed by atoms with Crippen LogP contribution in [0.4, 0.5) is 0 Å². The van der Waals surface area contributed by atoms with Crippen molar-refractivity contribution < 1.29 is 14.6 Å². The van der Waals surface area contributed by atoms with Gasteiger partial charge >= 0.3 is 5.97 Å². The molecule has 4 heteroatoms. The second kappa shape index (κ2) is 6.33. The topological polar surface area (TPSA) is 46.5 Å². The number of carboxylic acids is 1. The first-order chi connectivity index (χ1) is 7.69. The predicted octanol–water partition coefficient (Wildman–Crippen LogP) is 3.35. The molecule has 1 aromatic heterocycles. The number of aryl methyl sites for hydroxylation is 1. The van der Waals surface area contributed by atoms with E-state index < -0.39 is 5.97 Å². The van der Waals surface area contributed by atoms with Crippen molar-refractivity contribution in [1.82, 2.24) is 0 Å². The van der Waals surface area contributed by atoms with Crippen LogP contribution in [0.5, 0.6) is 5.75 Å². The lowest BCUT2D eigenvalue weighted by Crippen LogP contribution is -2.00. The Morgan fingerprint density at radius 2 is 2.44 bits per heavy atom. The van der Waals surface area contributed by atoms with Gasteiger partial charge in [-0.15, -0.1) is 17.9 Å². The van der Waals surface area contributed by atoms with Crippen LogP contribution in [0.1, 0.15) is 34.3 Å². The van der Waals surface area contributed by atoms with Crippen molar-refractivity contribution >= 4 is 17.3 Å². The first-order valence-electron chi connectivity index (χ1n) is 5.28. The van der Waals surface area contributed by atoms with Crippen molar-refractivity contribution in [2.75, 3.05) is 6.61 Å². The molecule has 0 saturated heterocycles. The maximum absolute atomic E-state index is 11.0. The minimum absolute atomic E-state index is 0.299. The maximum atomic E-state index is 11.0. The number of ether oxygens (including phenoxy) is 1. The average molecular weight is 240 g/mol. The molecule has 0 aliphatic carbocycles. The summed E-state index contributed by atoms with van der Waals surface area (Å²) in [6.07, 6.45) is 4.37. The van der Waals surface area contributed by atoms with E-state index in [0.29, 0.717) is 17.2 Å². The number of thiophene rings is 1. The summed E-state index contributed by atoms with van der Waals surface area (Å²) in [5.74, 6) is -0.427. The summed E-state index contributed by atoms with van der Waals surface area (Å²) in [5, 5.41) is 9.01. The molecule has 88 valence electrons. The van der Waals surface area contributed by atoms with Crippen LogP contribution in [0, 0.1) is 0 Å². The maximum Gasteiger partial charge on any atom is 0.349 e. The lowest BCUT2D eigenvalue weighted by atomic mass is 10.3. The average Bonchev–Trinajstić information content (AvgIpc) is 2.62. The smallest absolute Gasteiger partial charge is 0.349 e. The highest BCUT2D eigenvalue weighted by molar-refractivity contribution is 7.14. The number of carbonyl (C=O) groups is 1. The van der Waals surface area contributed by atoms with Crippen LogP contribution in [0.2, 0.25) is 0 Å². The standard InChI is InChI=1S/C12H16O3S/c1-3-5-7-15-10-8-9(6-4-2)16-11(10)12(13)14/h3,8H,1,4-7H2,2H3,(H,13,14). The van der Waals surface area contributed by atoms with Crippen molar-refractivity contribution in [1.29, 1.82) is 0 Å². The van der Waals surface area contributed by atoms with E-state index in [0.717, 1.165) is 24.1 Å². The molecule has 0 radical (unpaired) electrons. The molecule has 0 atom stereocenters. The molecule has 1 N–H and O–H groups in total. The van der Waals surface area contributed by atoms with E-state index in [1.807, 2.05) is 6.07 Å². The number of aromatic carboxylic acids is 1. The molecule has 0 spiro atoms. The molecule has 0 aliphatic rings. The summed E-state index contributed by atoms with van der Waals surface area (Å²) < 4.78 is 5.42. The molecule has 0 amide bonds. The highest BCUT2D eigenvalue weighted by Crippen LogP contribution is 2.30. The van der Waals surface area contributed by atoms with Gasteiger partial charge in [0, 0.05) is 4.88 Å². The molecule has 3 nitrogen and oxygen atoms in total. The minimum Gasteiger partial charge on any atom is -0.491 e. The molecule has 0 unspecified atom stereocenters. The van der Waals surface area contributed by atoms with Crippen LogP contribution >= 0.6 is 11.3 Å². The van der Waals surface area contributed by atoms with Gasteiger partial charge < -0.3 is 9.84 Å². The summed E-state index contributed by atoms with van der Waals surface area (Å²) in [6.45, 7) is 6.14. The third-order valence-electron chi connectivity index (χ3n) is 2.02. The van der Waals surface area contributed by atoms with Crippen molar-refractivity contribution in [3.63, 3.8) is 0 Å². The Balaban J connectivity index is 2.78. The van der Waals surface area contributed by atoms with Gasteiger partial charge in [0.25, 0.3) is 0 Å². The molecule has 0 bridgehead atoms. The first kappa shape index (κ1) is 12.8. The fourth-order valence-corrected chi connectivity index (χ4v) is 2.34. The number of carboxylic acid groups (broad SMARTS) is 1. The van der Waals surface area contributed by atoms with Gasteiger partial charge in [0.05, 0.1) is 6.61 Å². The molecule has 0 fully saturated rings. The third kappa shape index (κ3) is 3.38. The third-order valence-corrected chi connectivity index (χ3v) is 3.18. The fraction of sp³-hybridized carbons (Fsp3) is 0.417. The molecule has 16 heavy (non-hydrogen) atoms. The Labute approximate surface area is 99.4 Å². The van der Waals surface area contributed by atoms with Crippen LogP contribution in [0.3, 0.4) is 0 Å². The second-order valence-corrected chi connectivity index (χ2v) is 4.52. The van der Waals surface area contributed by atoms with Gasteiger partial charge in [-0.1, -0.05) is 19.4 Å². The highest BCUT2D eigenvalue weighted by atomic mass is 32.1. The Kier molecular flexibility index (Phi) is 5.05. The molecule has 1 rings (SSSR count). The zero-order chi connectivity index (χ0) is 12.0. The second-order valence-electron chi connectivity index (χ2n) is 3.39. The largest absolute Gasteiger partial charge is 0.491 e. The van der Waals surface area contributed by atoms with Gasteiger partial charge in [0.2, 0.25) is 0 Å². The van der Waals surface area contributed by atoms with E-state index >= 15 is 0 Å². The van der Waals surface area contributed by atoms with Gasteiger partial charge in [0.15, 0.2) is 4.88 Å². The predicted molar refractivity (Wildman–Crippen MR) is 65.6 cm³/mol. The van der Waals surface area contributed by atoms with Gasteiger partial charge in [-0.25, -0.2) is 4.79 Å². The summed E-state index contributed by atoms with van der Waals surface area (Å²) in [6, 6.07) is 1.83. The van der Waals surface area contributed by atoms with E-state index in [2.05, 4.69) is 13.5 Å². The summed E-state index contributed by atoms with van der Waals surface area (Å²) >= 11 is 1.30. The van der Waals surface area contributed by atoms with Crippen LogP contribution < -0.4 is 4.74 Å². The molecular weight excluding hydrogens is 224 g/mol. The zero-order valence-electron chi connectivity index (χ0n) is 9.36. The Morgan fingerprint density at radius 1 is 1.69 bits per heavy atom. The van der Waals surface area contributed by atoms with Gasteiger partial charge in [-0.05, 0) is 18.9 Å². The van der Waals surface area contributed by atoms with Crippen molar-refractivity contribution in [3.05, 3.63) is 28.5 Å². The summed E-state index contributed by atoms with van der Waals surface area (Å²) in [7, 11) is 0. The van der Waals surface area contributed by atoms with Crippen molar-refractivity contribution in [2.24, 2.45) is 0 Å². The Morgan fingerprint density at radius 3 is 3.00 bits per heavy atom. The Bertz CT molecular complexity index is 368. The summed E-state index contributed by atoms with van der Waals surface area (Å²) in [4.78, 5) is 12.3. The lowest BCUT2D eigenvalue weighted by molar-refractivity contribution is 0.0698. The normalized spacial score (nSPS) is 10.1. The minimum atomic E-state index is -0.916. The molecule has 0 aromatic carbocycles.